The molecule has 11 heteroatoms. The van der Waals surface area contributed by atoms with Gasteiger partial charge in [0.15, 0.2) is 11.5 Å². The number of nitrogens with zero attached hydrogens (tertiary/aromatic N) is 2. The van der Waals surface area contributed by atoms with Crippen LogP contribution >= 0.6 is 11.6 Å². The average Bonchev–Trinajstić information content (AvgIpc) is 3.46. The van der Waals surface area contributed by atoms with Gasteiger partial charge in [-0.05, 0) is 61.4 Å². The lowest BCUT2D eigenvalue weighted by atomic mass is 10.1. The minimum Gasteiger partial charge on any atom is -0.493 e. The molecule has 1 atom stereocenters. The Balaban J connectivity index is 1.23. The Kier molecular flexibility index (Phi) is 8.83. The first kappa shape index (κ1) is 28.8. The largest absolute Gasteiger partial charge is 0.493 e. The number of carbonyl (C=O) groups excluding carboxylic acids is 2. The Morgan fingerprint density at radius 3 is 2.38 bits per heavy atom. The maximum atomic E-state index is 12.8. The maximum Gasteiger partial charge on any atom is 0.323 e. The van der Waals surface area contributed by atoms with Crippen LogP contribution in [0.1, 0.15) is 12.0 Å². The zero-order valence-electron chi connectivity index (χ0n) is 23.6. The Bertz CT molecular complexity index is 1600. The van der Waals surface area contributed by atoms with Crippen LogP contribution in [0, 0.1) is 6.92 Å². The quantitative estimate of drug-likeness (QED) is 0.207. The highest BCUT2D eigenvalue weighted by Gasteiger charge is 2.24. The minimum absolute atomic E-state index is 0.0383. The summed E-state index contributed by atoms with van der Waals surface area (Å²) in [5, 5.41) is 9.43. The number of urea groups is 1. The second-order valence-electron chi connectivity index (χ2n) is 9.87. The van der Waals surface area contributed by atoms with Gasteiger partial charge < -0.3 is 35.1 Å². The molecule has 1 aromatic heterocycles. The number of ether oxygens (including phenoxy) is 3. The number of carbonyl (C=O) groups is 2. The first-order valence-electron chi connectivity index (χ1n) is 13.4. The smallest absolute Gasteiger partial charge is 0.323 e. The molecule has 0 spiro atoms. The average molecular weight is 590 g/mol. The number of amides is 3. The lowest BCUT2D eigenvalue weighted by Crippen LogP contribution is -2.37. The number of benzene rings is 3. The molecule has 3 N–H and O–H groups in total. The Morgan fingerprint density at radius 1 is 0.929 bits per heavy atom. The van der Waals surface area contributed by atoms with Gasteiger partial charge in [0.1, 0.15) is 17.4 Å². The third-order valence-corrected chi connectivity index (χ3v) is 7.28. The van der Waals surface area contributed by atoms with Crippen LogP contribution in [0.25, 0.3) is 10.9 Å². The molecule has 0 radical (unpaired) electrons. The van der Waals surface area contributed by atoms with Crippen molar-refractivity contribution in [2.75, 3.05) is 48.7 Å². The SMILES string of the molecule is COc1cc2nccc(Oc3cc(NC(=O)Nc4ccc(N5CCC(NC(=O)CCl)C5)cc4)ccc3C)c2cc1OC. The van der Waals surface area contributed by atoms with Crippen molar-refractivity contribution in [2.45, 2.75) is 19.4 Å². The number of aryl methyl sites for hydroxylation is 1. The molecule has 1 saturated heterocycles. The number of rotatable bonds is 9. The highest BCUT2D eigenvalue weighted by Crippen LogP contribution is 2.38. The highest BCUT2D eigenvalue weighted by atomic mass is 35.5. The molecule has 2 heterocycles. The van der Waals surface area contributed by atoms with Crippen molar-refractivity contribution >= 4 is 51.5 Å². The van der Waals surface area contributed by atoms with E-state index >= 15 is 0 Å². The number of aromatic nitrogens is 1. The molecule has 0 saturated carbocycles. The van der Waals surface area contributed by atoms with Gasteiger partial charge in [0, 0.05) is 59.9 Å². The molecular formula is C31H32ClN5O5. The molecule has 0 bridgehead atoms. The van der Waals surface area contributed by atoms with Crippen LogP contribution in [0.2, 0.25) is 0 Å². The van der Waals surface area contributed by atoms with Gasteiger partial charge in [0.2, 0.25) is 5.91 Å². The fourth-order valence-corrected chi connectivity index (χ4v) is 4.95. The van der Waals surface area contributed by atoms with E-state index < -0.39 is 0 Å². The zero-order valence-corrected chi connectivity index (χ0v) is 24.3. The first-order valence-corrected chi connectivity index (χ1v) is 14.0. The van der Waals surface area contributed by atoms with Crippen molar-refractivity contribution in [1.29, 1.82) is 0 Å². The van der Waals surface area contributed by atoms with E-state index in [1.54, 1.807) is 38.6 Å². The molecule has 42 heavy (non-hydrogen) atoms. The molecule has 0 aliphatic carbocycles. The molecule has 10 nitrogen and oxygen atoms in total. The number of anilines is 3. The van der Waals surface area contributed by atoms with Crippen LogP contribution < -0.4 is 35.1 Å². The van der Waals surface area contributed by atoms with E-state index in [-0.39, 0.29) is 23.9 Å². The van der Waals surface area contributed by atoms with E-state index in [4.69, 9.17) is 25.8 Å². The van der Waals surface area contributed by atoms with Crippen molar-refractivity contribution in [3.05, 3.63) is 72.4 Å². The number of nitrogens with one attached hydrogen (secondary N) is 3. The Hall–Kier alpha value is -4.70. The third kappa shape index (κ3) is 6.60. The van der Waals surface area contributed by atoms with Gasteiger partial charge >= 0.3 is 6.03 Å². The fraction of sp³-hybridized carbons (Fsp3) is 0.258. The minimum atomic E-state index is -0.381. The van der Waals surface area contributed by atoms with Crippen LogP contribution in [0.4, 0.5) is 21.9 Å². The molecule has 1 aliphatic heterocycles. The van der Waals surface area contributed by atoms with Crippen LogP contribution in [0.3, 0.4) is 0 Å². The summed E-state index contributed by atoms with van der Waals surface area (Å²) in [6, 6.07) is 18.2. The summed E-state index contributed by atoms with van der Waals surface area (Å²) in [5.74, 6) is 2.13. The molecule has 1 fully saturated rings. The highest BCUT2D eigenvalue weighted by molar-refractivity contribution is 6.27. The van der Waals surface area contributed by atoms with Crippen LogP contribution in [-0.4, -0.2) is 56.2 Å². The standard InChI is InChI=1S/C31H32ClN5O5/c1-19-4-5-21(14-27(19)42-26-10-12-33-25-16-29(41-3)28(40-2)15-24(25)26)36-31(39)35-20-6-8-23(9-7-20)37-13-11-22(18-37)34-30(38)17-32/h4-10,12,14-16,22H,11,13,17-18H2,1-3H3,(H,34,38)(H2,35,36,39). The molecule has 218 valence electrons. The fourth-order valence-electron chi connectivity index (χ4n) is 4.87. The summed E-state index contributed by atoms with van der Waals surface area (Å²) >= 11 is 5.60. The lowest BCUT2D eigenvalue weighted by Gasteiger charge is -2.19. The van der Waals surface area contributed by atoms with Gasteiger partial charge in [-0.1, -0.05) is 6.07 Å². The van der Waals surface area contributed by atoms with Crippen LogP contribution in [-0.2, 0) is 4.79 Å². The van der Waals surface area contributed by atoms with Crippen molar-refractivity contribution in [2.24, 2.45) is 0 Å². The van der Waals surface area contributed by atoms with Gasteiger partial charge in [-0.3, -0.25) is 9.78 Å². The van der Waals surface area contributed by atoms with Crippen molar-refractivity contribution in [3.8, 4) is 23.0 Å². The Labute approximate surface area is 248 Å². The van der Waals surface area contributed by atoms with E-state index in [0.29, 0.717) is 46.4 Å². The van der Waals surface area contributed by atoms with E-state index in [1.165, 1.54) is 0 Å². The van der Waals surface area contributed by atoms with Crippen LogP contribution in [0.15, 0.2) is 66.9 Å². The molecule has 5 rings (SSSR count). The van der Waals surface area contributed by atoms with Gasteiger partial charge in [0.25, 0.3) is 0 Å². The predicted octanol–water partition coefficient (Wildman–Crippen LogP) is 5.93. The monoisotopic (exact) mass is 589 g/mol. The van der Waals surface area contributed by atoms with Crippen LogP contribution in [0.5, 0.6) is 23.0 Å². The summed E-state index contributed by atoms with van der Waals surface area (Å²) in [6.45, 7) is 3.47. The van der Waals surface area contributed by atoms with E-state index in [0.717, 1.165) is 29.6 Å². The molecule has 4 aromatic rings. The van der Waals surface area contributed by atoms with Gasteiger partial charge in [0.05, 0.1) is 19.7 Å². The summed E-state index contributed by atoms with van der Waals surface area (Å²) in [4.78, 5) is 31.0. The summed E-state index contributed by atoms with van der Waals surface area (Å²) in [6.07, 6.45) is 2.52. The molecule has 1 aliphatic rings. The summed E-state index contributed by atoms with van der Waals surface area (Å²) in [5.41, 5.74) is 3.84. The van der Waals surface area contributed by atoms with Crippen molar-refractivity contribution in [1.82, 2.24) is 10.3 Å². The number of hydrogen-bond acceptors (Lipinski definition) is 7. The van der Waals surface area contributed by atoms with E-state index in [9.17, 15) is 9.59 Å². The second-order valence-corrected chi connectivity index (χ2v) is 10.1. The summed E-state index contributed by atoms with van der Waals surface area (Å²) in [7, 11) is 3.16. The third-order valence-electron chi connectivity index (χ3n) is 7.04. The number of methoxy groups -OCH3 is 2. The normalized spacial score (nSPS) is 14.4. The van der Waals surface area contributed by atoms with E-state index in [1.807, 2.05) is 49.4 Å². The lowest BCUT2D eigenvalue weighted by molar-refractivity contribution is -0.119. The maximum absolute atomic E-state index is 12.8. The van der Waals surface area contributed by atoms with Gasteiger partial charge in [-0.25, -0.2) is 4.79 Å². The second kappa shape index (κ2) is 12.9. The Morgan fingerprint density at radius 2 is 1.64 bits per heavy atom. The molecular weight excluding hydrogens is 558 g/mol. The van der Waals surface area contributed by atoms with Gasteiger partial charge in [-0.2, -0.15) is 0 Å². The zero-order chi connectivity index (χ0) is 29.6. The van der Waals surface area contributed by atoms with Crippen molar-refractivity contribution < 1.29 is 23.8 Å². The first-order chi connectivity index (χ1) is 20.4. The van der Waals surface area contributed by atoms with E-state index in [2.05, 4.69) is 25.8 Å². The topological polar surface area (TPSA) is 114 Å². The number of halogens is 1. The van der Waals surface area contributed by atoms with Crippen molar-refractivity contribution in [3.63, 3.8) is 0 Å². The molecule has 3 amide bonds. The molecule has 1 unspecified atom stereocenters. The van der Waals surface area contributed by atoms with Gasteiger partial charge in [-0.15, -0.1) is 11.6 Å². The number of pyridine rings is 1. The summed E-state index contributed by atoms with van der Waals surface area (Å²) < 4.78 is 17.1. The molecule has 3 aromatic carbocycles. The number of fused-ring (bicyclic) bond motifs is 1. The number of alkyl halides is 1. The number of hydrogen-bond donors (Lipinski definition) is 3. The predicted molar refractivity (Wildman–Crippen MR) is 165 cm³/mol.